The number of benzene rings is 8. The molecular formula is C53H34N2O. The van der Waals surface area contributed by atoms with Gasteiger partial charge in [0.15, 0.2) is 5.82 Å². The molecule has 262 valence electrons. The van der Waals surface area contributed by atoms with Gasteiger partial charge in [0.2, 0.25) is 0 Å². The molecule has 0 fully saturated rings. The third-order valence-corrected chi connectivity index (χ3v) is 11.4. The number of para-hydroxylation sites is 1. The molecule has 8 aromatic carbocycles. The average molecular weight is 715 g/mol. The van der Waals surface area contributed by atoms with Gasteiger partial charge in [0.05, 0.1) is 16.8 Å². The van der Waals surface area contributed by atoms with Crippen molar-refractivity contribution in [3.63, 3.8) is 0 Å². The summed E-state index contributed by atoms with van der Waals surface area (Å²) in [5.41, 5.74) is 16.4. The van der Waals surface area contributed by atoms with Crippen LogP contribution in [0, 0.1) is 0 Å². The van der Waals surface area contributed by atoms with Crippen molar-refractivity contribution in [1.29, 1.82) is 0 Å². The minimum Gasteiger partial charge on any atom is -0.457 e. The van der Waals surface area contributed by atoms with Crippen molar-refractivity contribution in [2.45, 2.75) is 5.41 Å². The van der Waals surface area contributed by atoms with Crippen molar-refractivity contribution >= 4 is 0 Å². The van der Waals surface area contributed by atoms with Crippen molar-refractivity contribution in [2.75, 3.05) is 0 Å². The van der Waals surface area contributed by atoms with Crippen molar-refractivity contribution in [3.05, 3.63) is 229 Å². The second kappa shape index (κ2) is 12.9. The minimum absolute atomic E-state index is 0.492. The van der Waals surface area contributed by atoms with Crippen LogP contribution in [0.3, 0.4) is 0 Å². The molecule has 0 amide bonds. The van der Waals surface area contributed by atoms with E-state index < -0.39 is 5.41 Å². The van der Waals surface area contributed by atoms with Gasteiger partial charge in [-0.25, -0.2) is 9.97 Å². The van der Waals surface area contributed by atoms with Gasteiger partial charge in [0.25, 0.3) is 0 Å². The van der Waals surface area contributed by atoms with Gasteiger partial charge in [0, 0.05) is 27.8 Å². The Kier molecular flexibility index (Phi) is 7.39. The van der Waals surface area contributed by atoms with Crippen LogP contribution < -0.4 is 4.74 Å². The van der Waals surface area contributed by atoms with Gasteiger partial charge in [-0.2, -0.15) is 0 Å². The van der Waals surface area contributed by atoms with Crippen LogP contribution in [0.15, 0.2) is 206 Å². The fourth-order valence-electron chi connectivity index (χ4n) is 8.82. The maximum absolute atomic E-state index is 6.66. The van der Waals surface area contributed by atoms with Crippen LogP contribution in [0.2, 0.25) is 0 Å². The molecule has 0 saturated heterocycles. The van der Waals surface area contributed by atoms with Crippen LogP contribution in [0.25, 0.3) is 67.3 Å². The van der Waals surface area contributed by atoms with Gasteiger partial charge in [-0.05, 0) is 74.8 Å². The lowest BCUT2D eigenvalue weighted by atomic mass is 9.66. The third-order valence-electron chi connectivity index (χ3n) is 11.4. The van der Waals surface area contributed by atoms with E-state index in [0.29, 0.717) is 5.82 Å². The Morgan fingerprint density at radius 1 is 0.304 bits per heavy atom. The van der Waals surface area contributed by atoms with Gasteiger partial charge in [0.1, 0.15) is 11.5 Å². The number of hydrogen-bond donors (Lipinski definition) is 0. The van der Waals surface area contributed by atoms with E-state index in [4.69, 9.17) is 14.7 Å². The molecule has 1 aliphatic carbocycles. The molecule has 1 aromatic heterocycles. The lowest BCUT2D eigenvalue weighted by Crippen LogP contribution is -2.32. The summed E-state index contributed by atoms with van der Waals surface area (Å²) in [5.74, 6) is 2.49. The van der Waals surface area contributed by atoms with Gasteiger partial charge in [-0.1, -0.05) is 176 Å². The summed E-state index contributed by atoms with van der Waals surface area (Å²) < 4.78 is 6.66. The fraction of sp³-hybridized carbons (Fsp3) is 0.0189. The molecule has 2 aliphatic rings. The van der Waals surface area contributed by atoms with E-state index in [2.05, 4.69) is 170 Å². The van der Waals surface area contributed by atoms with Crippen LogP contribution in [0.1, 0.15) is 22.3 Å². The lowest BCUT2D eigenvalue weighted by molar-refractivity contribution is 0.436. The number of hydrogen-bond acceptors (Lipinski definition) is 3. The van der Waals surface area contributed by atoms with E-state index in [-0.39, 0.29) is 0 Å². The first kappa shape index (κ1) is 32.1. The normalized spacial score (nSPS) is 12.9. The number of aromatic nitrogens is 2. The van der Waals surface area contributed by atoms with Crippen molar-refractivity contribution < 1.29 is 4.74 Å². The van der Waals surface area contributed by atoms with Crippen molar-refractivity contribution in [1.82, 2.24) is 9.97 Å². The van der Waals surface area contributed by atoms with Crippen LogP contribution in [0.5, 0.6) is 11.5 Å². The molecule has 56 heavy (non-hydrogen) atoms. The van der Waals surface area contributed by atoms with E-state index in [1.807, 2.05) is 36.4 Å². The molecule has 1 spiro atoms. The van der Waals surface area contributed by atoms with Gasteiger partial charge >= 0.3 is 0 Å². The van der Waals surface area contributed by atoms with Gasteiger partial charge in [-0.3, -0.25) is 0 Å². The zero-order valence-corrected chi connectivity index (χ0v) is 30.4. The molecule has 3 nitrogen and oxygen atoms in total. The van der Waals surface area contributed by atoms with E-state index in [0.717, 1.165) is 67.4 Å². The number of rotatable bonds is 5. The SMILES string of the molecule is c1ccc(-c2cc(-c3ccccc3)nc(-c3cccc(-c4ccc(-c5ccc6c(c5)C5(c7ccccc7O6)c6ccccc6-c6ccccc65)cc4)c3)n2)cc1. The second-order valence-electron chi connectivity index (χ2n) is 14.5. The van der Waals surface area contributed by atoms with Crippen LogP contribution in [0.4, 0.5) is 0 Å². The Bertz CT molecular complexity index is 2830. The second-order valence-corrected chi connectivity index (χ2v) is 14.5. The molecule has 0 saturated carbocycles. The largest absolute Gasteiger partial charge is 0.457 e. The Hall–Kier alpha value is -7.36. The smallest absolute Gasteiger partial charge is 0.160 e. The Balaban J connectivity index is 0.984. The Morgan fingerprint density at radius 2 is 0.768 bits per heavy atom. The third kappa shape index (κ3) is 5.05. The summed E-state index contributed by atoms with van der Waals surface area (Å²) in [6.07, 6.45) is 0. The van der Waals surface area contributed by atoms with Crippen LogP contribution in [-0.2, 0) is 5.41 Å². The quantitative estimate of drug-likeness (QED) is 0.178. The molecule has 0 radical (unpaired) electrons. The zero-order valence-electron chi connectivity index (χ0n) is 30.4. The summed E-state index contributed by atoms with van der Waals surface area (Å²) in [6.45, 7) is 0. The molecule has 0 atom stereocenters. The molecule has 9 aromatic rings. The number of fused-ring (bicyclic) bond motifs is 9. The highest BCUT2D eigenvalue weighted by Gasteiger charge is 2.51. The highest BCUT2D eigenvalue weighted by atomic mass is 16.5. The van der Waals surface area contributed by atoms with E-state index in [9.17, 15) is 0 Å². The molecule has 3 heteroatoms. The molecule has 0 N–H and O–H groups in total. The first-order chi connectivity index (χ1) is 27.7. The maximum Gasteiger partial charge on any atom is 0.160 e. The standard InChI is InChI=1S/C53H34N2O/c1-3-14-37(15-4-1)48-34-49(38-16-5-2-6-17-38)55-52(54-48)41-19-13-18-39(32-41)35-26-28-36(29-27-35)40-30-31-51-47(33-40)53(46-24-11-12-25-50(46)56-51)44-22-9-7-20-42(44)43-21-8-10-23-45(43)53/h1-34H. The predicted octanol–water partition coefficient (Wildman–Crippen LogP) is 13.3. The van der Waals surface area contributed by atoms with E-state index >= 15 is 0 Å². The number of ether oxygens (including phenoxy) is 1. The minimum atomic E-state index is -0.492. The molecule has 0 unspecified atom stereocenters. The topological polar surface area (TPSA) is 35.0 Å². The molecular weight excluding hydrogens is 681 g/mol. The van der Waals surface area contributed by atoms with E-state index in [1.54, 1.807) is 0 Å². The Morgan fingerprint density at radius 3 is 1.39 bits per heavy atom. The summed E-state index contributed by atoms with van der Waals surface area (Å²) in [5, 5.41) is 0. The lowest BCUT2D eigenvalue weighted by Gasteiger charge is -2.39. The predicted molar refractivity (Wildman–Crippen MR) is 227 cm³/mol. The molecule has 11 rings (SSSR count). The summed E-state index contributed by atoms with van der Waals surface area (Å²) in [4.78, 5) is 10.1. The summed E-state index contributed by atoms with van der Waals surface area (Å²) >= 11 is 0. The summed E-state index contributed by atoms with van der Waals surface area (Å²) in [6, 6.07) is 73.1. The highest BCUT2D eigenvalue weighted by molar-refractivity contribution is 5.89. The molecule has 1 aliphatic heterocycles. The first-order valence-electron chi connectivity index (χ1n) is 19.1. The van der Waals surface area contributed by atoms with E-state index in [1.165, 1.54) is 27.8 Å². The van der Waals surface area contributed by atoms with Gasteiger partial charge < -0.3 is 4.74 Å². The van der Waals surface area contributed by atoms with Crippen LogP contribution in [-0.4, -0.2) is 9.97 Å². The van der Waals surface area contributed by atoms with Gasteiger partial charge in [-0.15, -0.1) is 0 Å². The molecule has 0 bridgehead atoms. The fourth-order valence-corrected chi connectivity index (χ4v) is 8.82. The molecule has 2 heterocycles. The maximum atomic E-state index is 6.66. The highest BCUT2D eigenvalue weighted by Crippen LogP contribution is 2.62. The van der Waals surface area contributed by atoms with Crippen LogP contribution >= 0.6 is 0 Å². The average Bonchev–Trinajstić information content (AvgIpc) is 3.57. The Labute approximate surface area is 326 Å². The summed E-state index contributed by atoms with van der Waals surface area (Å²) in [7, 11) is 0. The van der Waals surface area contributed by atoms with Crippen molar-refractivity contribution in [3.8, 4) is 78.8 Å². The van der Waals surface area contributed by atoms with Crippen molar-refractivity contribution in [2.24, 2.45) is 0 Å². The number of nitrogens with zero attached hydrogens (tertiary/aromatic N) is 2. The first-order valence-corrected chi connectivity index (χ1v) is 19.1. The zero-order chi connectivity index (χ0) is 37.1. The monoisotopic (exact) mass is 714 g/mol.